The van der Waals surface area contributed by atoms with Crippen LogP contribution >= 0.6 is 0 Å². The lowest BCUT2D eigenvalue weighted by Gasteiger charge is -2.28. The van der Waals surface area contributed by atoms with Gasteiger partial charge in [-0.2, -0.15) is 0 Å². The van der Waals surface area contributed by atoms with Crippen molar-refractivity contribution in [3.05, 3.63) is 0 Å². The average molecular weight is 282 g/mol. The first-order chi connectivity index (χ1) is 9.74. The average Bonchev–Trinajstić information content (AvgIpc) is 2.94. The second-order valence-electron chi connectivity index (χ2n) is 6.35. The van der Waals surface area contributed by atoms with Crippen LogP contribution in [-0.4, -0.2) is 38.3 Å². The fourth-order valence-electron chi connectivity index (χ4n) is 3.50. The predicted molar refractivity (Wildman–Crippen MR) is 80.5 cm³/mol. The SMILES string of the molecule is CCNC1COCC1C(=O)NCC1CCC(CC)CC1. The molecule has 116 valence electrons. The van der Waals surface area contributed by atoms with Gasteiger partial charge >= 0.3 is 0 Å². The largest absolute Gasteiger partial charge is 0.379 e. The Hall–Kier alpha value is -0.610. The Morgan fingerprint density at radius 2 is 1.80 bits per heavy atom. The molecule has 1 saturated heterocycles. The van der Waals surface area contributed by atoms with E-state index in [1.54, 1.807) is 0 Å². The van der Waals surface area contributed by atoms with Crippen molar-refractivity contribution in [3.8, 4) is 0 Å². The smallest absolute Gasteiger partial charge is 0.227 e. The minimum atomic E-state index is -0.0121. The van der Waals surface area contributed by atoms with Gasteiger partial charge in [0.25, 0.3) is 0 Å². The van der Waals surface area contributed by atoms with E-state index in [1.807, 2.05) is 0 Å². The fourth-order valence-corrected chi connectivity index (χ4v) is 3.50. The number of likely N-dealkylation sites (N-methyl/N-ethyl adjacent to an activating group) is 1. The normalized spacial score (nSPS) is 34.1. The molecular formula is C16H30N2O2. The molecule has 2 atom stereocenters. The van der Waals surface area contributed by atoms with Crippen molar-refractivity contribution in [2.24, 2.45) is 17.8 Å². The summed E-state index contributed by atoms with van der Waals surface area (Å²) < 4.78 is 5.44. The van der Waals surface area contributed by atoms with E-state index in [2.05, 4.69) is 24.5 Å². The zero-order valence-corrected chi connectivity index (χ0v) is 13.0. The molecule has 2 N–H and O–H groups in total. The summed E-state index contributed by atoms with van der Waals surface area (Å²) >= 11 is 0. The van der Waals surface area contributed by atoms with E-state index < -0.39 is 0 Å². The Balaban J connectivity index is 1.70. The van der Waals surface area contributed by atoms with E-state index in [0.717, 1.165) is 19.0 Å². The Labute approximate surface area is 123 Å². The summed E-state index contributed by atoms with van der Waals surface area (Å²) in [6.45, 7) is 7.32. The van der Waals surface area contributed by atoms with Gasteiger partial charge in [-0.1, -0.05) is 33.1 Å². The molecule has 1 amide bonds. The number of carbonyl (C=O) groups excluding carboxylic acids is 1. The number of nitrogens with one attached hydrogen (secondary N) is 2. The van der Waals surface area contributed by atoms with E-state index in [9.17, 15) is 4.79 Å². The summed E-state index contributed by atoms with van der Waals surface area (Å²) in [5.74, 6) is 1.76. The molecule has 0 bridgehead atoms. The molecule has 0 aromatic carbocycles. The maximum Gasteiger partial charge on any atom is 0.227 e. The summed E-state index contributed by atoms with van der Waals surface area (Å²) in [6, 6.07) is 0.191. The molecule has 4 nitrogen and oxygen atoms in total. The maximum atomic E-state index is 12.3. The van der Waals surface area contributed by atoms with Crippen LogP contribution in [-0.2, 0) is 9.53 Å². The minimum absolute atomic E-state index is 0.0121. The summed E-state index contributed by atoms with van der Waals surface area (Å²) in [4.78, 5) is 12.3. The van der Waals surface area contributed by atoms with Crippen molar-refractivity contribution < 1.29 is 9.53 Å². The van der Waals surface area contributed by atoms with Gasteiger partial charge in [0, 0.05) is 12.6 Å². The number of ether oxygens (including phenoxy) is 1. The third kappa shape index (κ3) is 4.19. The number of carbonyl (C=O) groups is 1. The van der Waals surface area contributed by atoms with Crippen LogP contribution in [0, 0.1) is 17.8 Å². The highest BCUT2D eigenvalue weighted by molar-refractivity contribution is 5.79. The zero-order valence-electron chi connectivity index (χ0n) is 13.0. The lowest BCUT2D eigenvalue weighted by atomic mass is 9.81. The summed E-state index contributed by atoms with van der Waals surface area (Å²) in [5, 5.41) is 6.50. The van der Waals surface area contributed by atoms with Crippen LogP contribution in [0.3, 0.4) is 0 Å². The minimum Gasteiger partial charge on any atom is -0.379 e. The van der Waals surface area contributed by atoms with Crippen LogP contribution < -0.4 is 10.6 Å². The number of rotatable bonds is 6. The van der Waals surface area contributed by atoms with Gasteiger partial charge in [0.05, 0.1) is 19.1 Å². The predicted octanol–water partition coefficient (Wildman–Crippen LogP) is 1.94. The second-order valence-corrected chi connectivity index (χ2v) is 6.35. The quantitative estimate of drug-likeness (QED) is 0.783. The van der Waals surface area contributed by atoms with Crippen molar-refractivity contribution in [3.63, 3.8) is 0 Å². The summed E-state index contributed by atoms with van der Waals surface area (Å²) in [7, 11) is 0. The van der Waals surface area contributed by atoms with Crippen LogP contribution in [0.1, 0.15) is 46.0 Å². The lowest BCUT2D eigenvalue weighted by molar-refractivity contribution is -0.125. The van der Waals surface area contributed by atoms with Crippen molar-refractivity contribution in [2.75, 3.05) is 26.3 Å². The van der Waals surface area contributed by atoms with Crippen molar-refractivity contribution >= 4 is 5.91 Å². The van der Waals surface area contributed by atoms with Gasteiger partial charge in [-0.3, -0.25) is 4.79 Å². The van der Waals surface area contributed by atoms with E-state index >= 15 is 0 Å². The zero-order chi connectivity index (χ0) is 14.4. The molecule has 20 heavy (non-hydrogen) atoms. The molecule has 1 aliphatic heterocycles. The van der Waals surface area contributed by atoms with E-state index in [1.165, 1.54) is 32.1 Å². The molecule has 1 heterocycles. The van der Waals surface area contributed by atoms with Crippen molar-refractivity contribution in [1.29, 1.82) is 0 Å². The first-order valence-electron chi connectivity index (χ1n) is 8.33. The molecule has 0 aromatic heterocycles. The fraction of sp³-hybridized carbons (Fsp3) is 0.938. The Bertz CT molecular complexity index is 301. The number of hydrogen-bond donors (Lipinski definition) is 2. The first kappa shape index (κ1) is 15.8. The maximum absolute atomic E-state index is 12.3. The molecule has 2 fully saturated rings. The van der Waals surface area contributed by atoms with Crippen LogP contribution in [0.5, 0.6) is 0 Å². The molecule has 1 saturated carbocycles. The molecule has 4 heteroatoms. The lowest BCUT2D eigenvalue weighted by Crippen LogP contribution is -2.45. The topological polar surface area (TPSA) is 50.4 Å². The van der Waals surface area contributed by atoms with E-state index in [-0.39, 0.29) is 17.9 Å². The highest BCUT2D eigenvalue weighted by atomic mass is 16.5. The molecule has 2 aliphatic rings. The Morgan fingerprint density at radius 1 is 1.10 bits per heavy atom. The van der Waals surface area contributed by atoms with E-state index in [4.69, 9.17) is 4.74 Å². The van der Waals surface area contributed by atoms with Gasteiger partial charge < -0.3 is 15.4 Å². The van der Waals surface area contributed by atoms with Gasteiger partial charge in [-0.05, 0) is 31.2 Å². The van der Waals surface area contributed by atoms with Crippen LogP contribution in [0.25, 0.3) is 0 Å². The van der Waals surface area contributed by atoms with Gasteiger partial charge in [-0.25, -0.2) is 0 Å². The third-order valence-electron chi connectivity index (χ3n) is 4.99. The standard InChI is InChI=1S/C16H30N2O2/c1-3-12-5-7-13(8-6-12)9-18-16(19)14-10-20-11-15(14)17-4-2/h12-15,17H,3-11H2,1-2H3,(H,18,19). The first-order valence-corrected chi connectivity index (χ1v) is 8.33. The molecule has 0 radical (unpaired) electrons. The third-order valence-corrected chi connectivity index (χ3v) is 4.99. The monoisotopic (exact) mass is 282 g/mol. The molecule has 0 aromatic rings. The second kappa shape index (κ2) is 7.99. The molecule has 0 spiro atoms. The highest BCUT2D eigenvalue weighted by Crippen LogP contribution is 2.30. The molecule has 1 aliphatic carbocycles. The van der Waals surface area contributed by atoms with E-state index in [0.29, 0.717) is 19.1 Å². The summed E-state index contributed by atoms with van der Waals surface area (Å²) in [5.41, 5.74) is 0. The molecule has 2 unspecified atom stereocenters. The van der Waals surface area contributed by atoms with Gasteiger partial charge in [0.2, 0.25) is 5.91 Å². The van der Waals surface area contributed by atoms with Gasteiger partial charge in [0.15, 0.2) is 0 Å². The highest BCUT2D eigenvalue weighted by Gasteiger charge is 2.33. The van der Waals surface area contributed by atoms with Crippen LogP contribution in [0.2, 0.25) is 0 Å². The van der Waals surface area contributed by atoms with Gasteiger partial charge in [-0.15, -0.1) is 0 Å². The van der Waals surface area contributed by atoms with Gasteiger partial charge in [0.1, 0.15) is 0 Å². The molecule has 2 rings (SSSR count). The van der Waals surface area contributed by atoms with Crippen molar-refractivity contribution in [2.45, 2.75) is 52.0 Å². The summed E-state index contributed by atoms with van der Waals surface area (Å²) in [6.07, 6.45) is 6.53. The number of hydrogen-bond acceptors (Lipinski definition) is 3. The Kier molecular flexibility index (Phi) is 6.30. The Morgan fingerprint density at radius 3 is 2.45 bits per heavy atom. The van der Waals surface area contributed by atoms with Crippen LogP contribution in [0.15, 0.2) is 0 Å². The molecular weight excluding hydrogens is 252 g/mol. The van der Waals surface area contributed by atoms with Crippen LogP contribution in [0.4, 0.5) is 0 Å². The number of amides is 1. The van der Waals surface area contributed by atoms with Crippen molar-refractivity contribution in [1.82, 2.24) is 10.6 Å².